The Labute approximate surface area is 79.5 Å². The van der Waals surface area contributed by atoms with Crippen molar-refractivity contribution >= 4 is 12.0 Å². The third kappa shape index (κ3) is 1.76. The van der Waals surface area contributed by atoms with Crippen molar-refractivity contribution < 1.29 is 14.1 Å². The lowest BCUT2D eigenvalue weighted by Crippen LogP contribution is -2.02. The van der Waals surface area contributed by atoms with Crippen molar-refractivity contribution in [2.24, 2.45) is 0 Å². The van der Waals surface area contributed by atoms with Gasteiger partial charge in [0.25, 0.3) is 0 Å². The molecule has 0 aliphatic heterocycles. The summed E-state index contributed by atoms with van der Waals surface area (Å²) in [6, 6.07) is 3.72. The summed E-state index contributed by atoms with van der Waals surface area (Å²) in [5.41, 5.74) is -0.517. The number of hydrogen-bond acceptors (Lipinski definition) is 3. The van der Waals surface area contributed by atoms with E-state index in [-0.39, 0.29) is 5.56 Å². The van der Waals surface area contributed by atoms with Crippen molar-refractivity contribution in [1.29, 1.82) is 0 Å². The molecule has 0 spiro atoms. The molecule has 74 valence electrons. The van der Waals surface area contributed by atoms with E-state index in [0.717, 1.165) is 6.07 Å². The molecule has 1 rings (SSSR count). The minimum absolute atomic E-state index is 0.102. The van der Waals surface area contributed by atoms with Crippen LogP contribution in [0.15, 0.2) is 18.2 Å². The van der Waals surface area contributed by atoms with Gasteiger partial charge in [-0.3, -0.25) is 10.1 Å². The molecule has 0 bridgehead atoms. The standard InChI is InChI=1S/C9H8FNO3/c1-6(5-12)7-3-2-4-8(10)9(7)11(13)14/h2-6H,1H3. The van der Waals surface area contributed by atoms with Gasteiger partial charge in [0, 0.05) is 11.5 Å². The first-order chi connectivity index (χ1) is 6.57. The van der Waals surface area contributed by atoms with E-state index in [1.807, 2.05) is 0 Å². The quantitative estimate of drug-likeness (QED) is 0.423. The molecule has 1 aromatic carbocycles. The second kappa shape index (κ2) is 3.95. The smallest absolute Gasteiger partial charge is 0.303 e. The van der Waals surface area contributed by atoms with Crippen LogP contribution in [0.2, 0.25) is 0 Å². The van der Waals surface area contributed by atoms with Gasteiger partial charge in [0.2, 0.25) is 5.82 Å². The van der Waals surface area contributed by atoms with Gasteiger partial charge in [-0.1, -0.05) is 19.1 Å². The maximum atomic E-state index is 13.0. The monoisotopic (exact) mass is 197 g/mol. The topological polar surface area (TPSA) is 60.2 Å². The summed E-state index contributed by atoms with van der Waals surface area (Å²) in [4.78, 5) is 20.1. The Kier molecular flexibility index (Phi) is 2.91. The van der Waals surface area contributed by atoms with E-state index in [1.54, 1.807) is 0 Å². The van der Waals surface area contributed by atoms with Crippen molar-refractivity contribution in [2.75, 3.05) is 0 Å². The van der Waals surface area contributed by atoms with Gasteiger partial charge >= 0.3 is 5.69 Å². The van der Waals surface area contributed by atoms with Gasteiger partial charge in [0.1, 0.15) is 6.29 Å². The van der Waals surface area contributed by atoms with Crippen LogP contribution in [-0.2, 0) is 4.79 Å². The third-order valence-electron chi connectivity index (χ3n) is 1.90. The fourth-order valence-electron chi connectivity index (χ4n) is 1.17. The zero-order chi connectivity index (χ0) is 10.7. The van der Waals surface area contributed by atoms with Gasteiger partial charge in [-0.2, -0.15) is 4.39 Å². The van der Waals surface area contributed by atoms with Crippen LogP contribution in [0.3, 0.4) is 0 Å². The predicted molar refractivity (Wildman–Crippen MR) is 47.5 cm³/mol. The zero-order valence-corrected chi connectivity index (χ0v) is 7.44. The van der Waals surface area contributed by atoms with E-state index < -0.39 is 22.3 Å². The number of halogens is 1. The molecule has 1 aromatic rings. The highest BCUT2D eigenvalue weighted by Gasteiger charge is 2.22. The maximum absolute atomic E-state index is 13.0. The number of hydrogen-bond donors (Lipinski definition) is 0. The van der Waals surface area contributed by atoms with E-state index in [4.69, 9.17) is 0 Å². The SMILES string of the molecule is CC(C=O)c1cccc(F)c1[N+](=O)[O-]. The molecular formula is C9H8FNO3. The molecule has 0 N–H and O–H groups in total. The highest BCUT2D eigenvalue weighted by molar-refractivity contribution is 5.65. The lowest BCUT2D eigenvalue weighted by atomic mass is 10.0. The largest absolute Gasteiger partial charge is 0.308 e. The first kappa shape index (κ1) is 10.3. The van der Waals surface area contributed by atoms with Crippen molar-refractivity contribution in [3.8, 4) is 0 Å². The Morgan fingerprint density at radius 2 is 2.21 bits per heavy atom. The highest BCUT2D eigenvalue weighted by Crippen LogP contribution is 2.27. The first-order valence-electron chi connectivity index (χ1n) is 3.96. The fraction of sp³-hybridized carbons (Fsp3) is 0.222. The molecule has 1 unspecified atom stereocenters. The summed E-state index contributed by atoms with van der Waals surface area (Å²) in [6.07, 6.45) is 0.543. The highest BCUT2D eigenvalue weighted by atomic mass is 19.1. The number of benzene rings is 1. The minimum atomic E-state index is -0.916. The van der Waals surface area contributed by atoms with E-state index in [2.05, 4.69) is 0 Å². The number of carbonyl (C=O) groups is 1. The van der Waals surface area contributed by atoms with Crippen LogP contribution >= 0.6 is 0 Å². The molecule has 0 saturated heterocycles. The molecular weight excluding hydrogens is 189 g/mol. The van der Waals surface area contributed by atoms with E-state index in [1.165, 1.54) is 19.1 Å². The van der Waals surface area contributed by atoms with E-state index >= 15 is 0 Å². The van der Waals surface area contributed by atoms with Crippen LogP contribution < -0.4 is 0 Å². The molecule has 0 aliphatic carbocycles. The minimum Gasteiger partial charge on any atom is -0.303 e. The van der Waals surface area contributed by atoms with Crippen LogP contribution in [0.25, 0.3) is 0 Å². The Morgan fingerprint density at radius 3 is 2.71 bits per heavy atom. The average Bonchev–Trinajstić information content (AvgIpc) is 2.15. The van der Waals surface area contributed by atoms with E-state index in [0.29, 0.717) is 6.29 Å². The molecule has 0 aromatic heterocycles. The molecule has 0 radical (unpaired) electrons. The normalized spacial score (nSPS) is 12.1. The lowest BCUT2D eigenvalue weighted by molar-refractivity contribution is -0.388. The fourth-order valence-corrected chi connectivity index (χ4v) is 1.17. The van der Waals surface area contributed by atoms with Gasteiger partial charge in [-0.25, -0.2) is 0 Å². The van der Waals surface area contributed by atoms with Gasteiger partial charge in [0.15, 0.2) is 0 Å². The average molecular weight is 197 g/mol. The van der Waals surface area contributed by atoms with Crippen LogP contribution in [-0.4, -0.2) is 11.2 Å². The van der Waals surface area contributed by atoms with Crippen molar-refractivity contribution in [1.82, 2.24) is 0 Å². The van der Waals surface area contributed by atoms with Crippen LogP contribution in [0.1, 0.15) is 18.4 Å². The number of nitro groups is 1. The molecule has 0 heterocycles. The Morgan fingerprint density at radius 1 is 1.57 bits per heavy atom. The van der Waals surface area contributed by atoms with Gasteiger partial charge < -0.3 is 4.79 Å². The molecule has 0 saturated carbocycles. The summed E-state index contributed by atoms with van der Waals surface area (Å²) in [7, 11) is 0. The lowest BCUT2D eigenvalue weighted by Gasteiger charge is -2.04. The summed E-state index contributed by atoms with van der Waals surface area (Å²) in [6.45, 7) is 1.48. The molecule has 14 heavy (non-hydrogen) atoms. The van der Waals surface area contributed by atoms with Gasteiger partial charge in [0.05, 0.1) is 4.92 Å². The number of rotatable bonds is 3. The zero-order valence-electron chi connectivity index (χ0n) is 7.44. The van der Waals surface area contributed by atoms with Crippen LogP contribution in [0.4, 0.5) is 10.1 Å². The predicted octanol–water partition coefficient (Wildman–Crippen LogP) is 2.04. The number of nitrogens with zero attached hydrogens (tertiary/aromatic N) is 1. The number of carbonyl (C=O) groups excluding carboxylic acids is 1. The Hall–Kier alpha value is -1.78. The van der Waals surface area contributed by atoms with Crippen molar-refractivity contribution in [2.45, 2.75) is 12.8 Å². The number of para-hydroxylation sites is 1. The number of aldehydes is 1. The molecule has 4 nitrogen and oxygen atoms in total. The molecule has 5 heteroatoms. The Bertz CT molecular complexity index is 378. The van der Waals surface area contributed by atoms with Gasteiger partial charge in [-0.05, 0) is 6.07 Å². The van der Waals surface area contributed by atoms with Crippen molar-refractivity contribution in [3.63, 3.8) is 0 Å². The van der Waals surface area contributed by atoms with Crippen LogP contribution in [0.5, 0.6) is 0 Å². The molecule has 0 aliphatic rings. The molecule has 1 atom stereocenters. The van der Waals surface area contributed by atoms with E-state index in [9.17, 15) is 19.3 Å². The number of nitro benzene ring substituents is 1. The van der Waals surface area contributed by atoms with Gasteiger partial charge in [-0.15, -0.1) is 0 Å². The summed E-state index contributed by atoms with van der Waals surface area (Å²) in [5.74, 6) is -1.59. The van der Waals surface area contributed by atoms with Crippen molar-refractivity contribution in [3.05, 3.63) is 39.7 Å². The summed E-state index contributed by atoms with van der Waals surface area (Å²) >= 11 is 0. The molecule has 0 amide bonds. The third-order valence-corrected chi connectivity index (χ3v) is 1.90. The molecule has 0 fully saturated rings. The maximum Gasteiger partial charge on any atom is 0.308 e. The van der Waals surface area contributed by atoms with Crippen LogP contribution in [0, 0.1) is 15.9 Å². The first-order valence-corrected chi connectivity index (χ1v) is 3.96. The summed E-state index contributed by atoms with van der Waals surface area (Å²) in [5, 5.41) is 10.5. The Balaban J connectivity index is 3.35. The second-order valence-corrected chi connectivity index (χ2v) is 2.86. The summed E-state index contributed by atoms with van der Waals surface area (Å²) < 4.78 is 13.0. The second-order valence-electron chi connectivity index (χ2n) is 2.86.